The average molecular weight is 592 g/mol. The lowest BCUT2D eigenvalue weighted by Crippen LogP contribution is -2.14. The molecular formula is C42H29N3O. The molecule has 4 heteroatoms. The van der Waals surface area contributed by atoms with E-state index in [-0.39, 0.29) is 5.41 Å². The van der Waals surface area contributed by atoms with Gasteiger partial charge in [-0.05, 0) is 45.5 Å². The van der Waals surface area contributed by atoms with Crippen molar-refractivity contribution in [2.75, 3.05) is 0 Å². The van der Waals surface area contributed by atoms with Gasteiger partial charge in [-0.3, -0.25) is 0 Å². The summed E-state index contributed by atoms with van der Waals surface area (Å²) < 4.78 is 6.57. The molecule has 0 radical (unpaired) electrons. The summed E-state index contributed by atoms with van der Waals surface area (Å²) in [6, 6.07) is 48.2. The Morgan fingerprint density at radius 1 is 0.413 bits per heavy atom. The number of furan rings is 1. The summed E-state index contributed by atoms with van der Waals surface area (Å²) in [6.45, 7) is 4.64. The van der Waals surface area contributed by atoms with Gasteiger partial charge >= 0.3 is 0 Å². The van der Waals surface area contributed by atoms with Gasteiger partial charge in [-0.15, -0.1) is 0 Å². The fourth-order valence-corrected chi connectivity index (χ4v) is 7.19. The van der Waals surface area contributed by atoms with Crippen molar-refractivity contribution in [2.45, 2.75) is 19.3 Å². The zero-order valence-corrected chi connectivity index (χ0v) is 25.5. The van der Waals surface area contributed by atoms with Gasteiger partial charge in [0.2, 0.25) is 0 Å². The van der Waals surface area contributed by atoms with E-state index in [0.29, 0.717) is 17.5 Å². The van der Waals surface area contributed by atoms with Crippen molar-refractivity contribution in [2.24, 2.45) is 0 Å². The van der Waals surface area contributed by atoms with Crippen LogP contribution in [-0.2, 0) is 5.41 Å². The molecule has 1 aliphatic carbocycles. The predicted octanol–water partition coefficient (Wildman–Crippen LogP) is 10.7. The maximum atomic E-state index is 6.57. The van der Waals surface area contributed by atoms with E-state index in [1.807, 2.05) is 72.8 Å². The van der Waals surface area contributed by atoms with Gasteiger partial charge in [0.25, 0.3) is 0 Å². The molecule has 2 heterocycles. The number of aromatic nitrogens is 3. The summed E-state index contributed by atoms with van der Waals surface area (Å²) >= 11 is 0. The minimum Gasteiger partial charge on any atom is -0.456 e. The van der Waals surface area contributed by atoms with Gasteiger partial charge in [0.15, 0.2) is 17.5 Å². The third kappa shape index (κ3) is 3.97. The van der Waals surface area contributed by atoms with E-state index in [9.17, 15) is 0 Å². The molecule has 8 aromatic rings. The number of hydrogen-bond acceptors (Lipinski definition) is 4. The average Bonchev–Trinajstić information content (AvgIpc) is 3.61. The molecule has 6 aromatic carbocycles. The molecule has 1 aliphatic rings. The van der Waals surface area contributed by atoms with Crippen molar-refractivity contribution in [3.8, 4) is 56.4 Å². The Morgan fingerprint density at radius 2 is 0.891 bits per heavy atom. The summed E-state index contributed by atoms with van der Waals surface area (Å²) in [7, 11) is 0. The highest BCUT2D eigenvalue weighted by molar-refractivity contribution is 6.18. The van der Waals surface area contributed by atoms with Crippen LogP contribution in [0, 0.1) is 0 Å². The second kappa shape index (κ2) is 10.1. The molecule has 2 aromatic heterocycles. The topological polar surface area (TPSA) is 51.8 Å². The van der Waals surface area contributed by atoms with Crippen LogP contribution in [0.4, 0.5) is 0 Å². The number of benzene rings is 6. The molecule has 0 saturated carbocycles. The Balaban J connectivity index is 1.34. The quantitative estimate of drug-likeness (QED) is 0.204. The maximum Gasteiger partial charge on any atom is 0.164 e. The predicted molar refractivity (Wildman–Crippen MR) is 186 cm³/mol. The molecule has 0 unspecified atom stereocenters. The van der Waals surface area contributed by atoms with Crippen LogP contribution in [-0.4, -0.2) is 15.0 Å². The smallest absolute Gasteiger partial charge is 0.164 e. The molecule has 0 saturated heterocycles. The second-order valence-electron chi connectivity index (χ2n) is 12.4. The van der Waals surface area contributed by atoms with Crippen molar-refractivity contribution in [1.29, 1.82) is 0 Å². The van der Waals surface area contributed by atoms with E-state index in [1.165, 1.54) is 27.8 Å². The minimum atomic E-state index is -0.0913. The standard InChI is InChI=1S/C42H29N3O/c1-42(2)32-22-10-9-18-30(32)36-28(19-11-23-33(36)42)29-20-12-24-34-37(29)38-31(21-13-25-35(38)46-34)41-44-39(26-14-5-3-6-15-26)43-40(45-41)27-16-7-4-8-17-27/h3-25H,1-2H3. The zero-order valence-electron chi connectivity index (χ0n) is 25.5. The Hall–Kier alpha value is -5.87. The summed E-state index contributed by atoms with van der Waals surface area (Å²) in [5, 5.41) is 2.06. The van der Waals surface area contributed by atoms with Crippen molar-refractivity contribution in [3.63, 3.8) is 0 Å². The molecule has 0 atom stereocenters. The highest BCUT2D eigenvalue weighted by Gasteiger charge is 2.37. The van der Waals surface area contributed by atoms with Crippen LogP contribution in [0.3, 0.4) is 0 Å². The molecule has 4 nitrogen and oxygen atoms in total. The van der Waals surface area contributed by atoms with Crippen LogP contribution in [0.5, 0.6) is 0 Å². The normalized spacial score (nSPS) is 13.2. The van der Waals surface area contributed by atoms with E-state index in [0.717, 1.165) is 44.2 Å². The van der Waals surface area contributed by atoms with Crippen LogP contribution < -0.4 is 0 Å². The number of hydrogen-bond donors (Lipinski definition) is 0. The van der Waals surface area contributed by atoms with Gasteiger partial charge in [0.05, 0.1) is 0 Å². The summed E-state index contributed by atoms with van der Waals surface area (Å²) in [5.74, 6) is 1.88. The first-order chi connectivity index (χ1) is 22.6. The number of nitrogens with zero attached hydrogens (tertiary/aromatic N) is 3. The highest BCUT2D eigenvalue weighted by atomic mass is 16.3. The summed E-state index contributed by atoms with van der Waals surface area (Å²) in [4.78, 5) is 15.1. The Bertz CT molecular complexity index is 2380. The third-order valence-corrected chi connectivity index (χ3v) is 9.36. The molecule has 0 N–H and O–H groups in total. The molecule has 0 aliphatic heterocycles. The van der Waals surface area contributed by atoms with E-state index >= 15 is 0 Å². The van der Waals surface area contributed by atoms with E-state index in [1.54, 1.807) is 0 Å². The van der Waals surface area contributed by atoms with Gasteiger partial charge in [0, 0.05) is 32.9 Å². The maximum absolute atomic E-state index is 6.57. The van der Waals surface area contributed by atoms with Gasteiger partial charge in [-0.1, -0.05) is 141 Å². The first-order valence-corrected chi connectivity index (χ1v) is 15.6. The summed E-state index contributed by atoms with van der Waals surface area (Å²) in [6.07, 6.45) is 0. The molecular weight excluding hydrogens is 562 g/mol. The minimum absolute atomic E-state index is 0.0913. The third-order valence-electron chi connectivity index (χ3n) is 9.36. The lowest BCUT2D eigenvalue weighted by Gasteiger charge is -2.21. The number of fused-ring (bicyclic) bond motifs is 6. The second-order valence-corrected chi connectivity index (χ2v) is 12.4. The summed E-state index contributed by atoms with van der Waals surface area (Å²) in [5.41, 5.74) is 11.9. The van der Waals surface area contributed by atoms with Crippen LogP contribution in [0.2, 0.25) is 0 Å². The van der Waals surface area contributed by atoms with Crippen molar-refractivity contribution >= 4 is 21.9 Å². The first kappa shape index (κ1) is 26.5. The van der Waals surface area contributed by atoms with Crippen molar-refractivity contribution in [3.05, 3.63) is 151 Å². The molecule has 0 fully saturated rings. The monoisotopic (exact) mass is 591 g/mol. The van der Waals surface area contributed by atoms with Gasteiger partial charge in [-0.25, -0.2) is 15.0 Å². The first-order valence-electron chi connectivity index (χ1n) is 15.6. The van der Waals surface area contributed by atoms with Gasteiger partial charge in [-0.2, -0.15) is 0 Å². The lowest BCUT2D eigenvalue weighted by atomic mass is 9.82. The van der Waals surface area contributed by atoms with Crippen LogP contribution in [0.25, 0.3) is 78.4 Å². The van der Waals surface area contributed by atoms with E-state index in [4.69, 9.17) is 19.4 Å². The zero-order chi connectivity index (χ0) is 30.8. The Labute approximate surface area is 267 Å². The van der Waals surface area contributed by atoms with Crippen LogP contribution in [0.15, 0.2) is 144 Å². The van der Waals surface area contributed by atoms with Crippen molar-refractivity contribution in [1.82, 2.24) is 15.0 Å². The van der Waals surface area contributed by atoms with Crippen LogP contribution in [0.1, 0.15) is 25.0 Å². The Morgan fingerprint density at radius 3 is 1.57 bits per heavy atom. The fraction of sp³-hybridized carbons (Fsp3) is 0.0714. The van der Waals surface area contributed by atoms with Crippen LogP contribution >= 0.6 is 0 Å². The molecule has 0 amide bonds. The lowest BCUT2D eigenvalue weighted by molar-refractivity contribution is 0.660. The molecule has 46 heavy (non-hydrogen) atoms. The molecule has 0 spiro atoms. The fourth-order valence-electron chi connectivity index (χ4n) is 7.19. The highest BCUT2D eigenvalue weighted by Crippen LogP contribution is 2.53. The largest absolute Gasteiger partial charge is 0.456 e. The molecule has 218 valence electrons. The van der Waals surface area contributed by atoms with Gasteiger partial charge < -0.3 is 4.42 Å². The number of rotatable bonds is 4. The SMILES string of the molecule is CC1(C)c2ccccc2-c2c(-c3cccc4oc5cccc(-c6nc(-c7ccccc7)nc(-c7ccccc7)n6)c5c34)cccc21. The molecule has 0 bridgehead atoms. The van der Waals surface area contributed by atoms with Crippen molar-refractivity contribution < 1.29 is 4.42 Å². The Kier molecular flexibility index (Phi) is 5.81. The van der Waals surface area contributed by atoms with E-state index < -0.39 is 0 Å². The van der Waals surface area contributed by atoms with Gasteiger partial charge in [0.1, 0.15) is 11.2 Å². The van der Waals surface area contributed by atoms with E-state index in [2.05, 4.69) is 80.6 Å². The molecule has 9 rings (SSSR count).